The van der Waals surface area contributed by atoms with Gasteiger partial charge in [0.25, 0.3) is 5.91 Å². The van der Waals surface area contributed by atoms with Crippen LogP contribution in [0.15, 0.2) is 63.7 Å². The van der Waals surface area contributed by atoms with E-state index in [1.807, 2.05) is 47.4 Å². The van der Waals surface area contributed by atoms with E-state index < -0.39 is 0 Å². The number of hydrogen-bond donors (Lipinski definition) is 0. The van der Waals surface area contributed by atoms with Gasteiger partial charge in [0, 0.05) is 6.54 Å². The summed E-state index contributed by atoms with van der Waals surface area (Å²) in [5.41, 5.74) is 3.22. The van der Waals surface area contributed by atoms with E-state index in [-0.39, 0.29) is 11.9 Å². The molecule has 6 heteroatoms. The molecule has 0 fully saturated rings. The Hall–Kier alpha value is -2.73. The molecule has 0 N–H and O–H groups in total. The molecule has 2 heterocycles. The normalized spacial score (nSPS) is 15.8. The lowest BCUT2D eigenvalue weighted by Gasteiger charge is -2.37. The minimum absolute atomic E-state index is 0.139. The Labute approximate surface area is 172 Å². The zero-order chi connectivity index (χ0) is 19.7. The van der Waals surface area contributed by atoms with Crippen molar-refractivity contribution in [2.24, 2.45) is 0 Å². The lowest BCUT2D eigenvalue weighted by atomic mass is 9.87. The molecule has 1 atom stereocenters. The van der Waals surface area contributed by atoms with Crippen molar-refractivity contribution in [3.8, 4) is 11.5 Å². The second kappa shape index (κ2) is 7.72. The summed E-state index contributed by atoms with van der Waals surface area (Å²) in [7, 11) is 3.25. The van der Waals surface area contributed by atoms with Gasteiger partial charge in [-0.3, -0.25) is 4.79 Å². The summed E-state index contributed by atoms with van der Waals surface area (Å²) >= 11 is 3.28. The molecule has 0 saturated carbocycles. The van der Waals surface area contributed by atoms with Gasteiger partial charge in [0.2, 0.25) is 0 Å². The van der Waals surface area contributed by atoms with Crippen LogP contribution in [0.3, 0.4) is 0 Å². The van der Waals surface area contributed by atoms with Crippen molar-refractivity contribution < 1.29 is 18.7 Å². The Bertz CT molecular complexity index is 999. The van der Waals surface area contributed by atoms with E-state index in [4.69, 9.17) is 13.9 Å². The Morgan fingerprint density at radius 1 is 1.07 bits per heavy atom. The molecule has 1 unspecified atom stereocenters. The zero-order valence-corrected chi connectivity index (χ0v) is 17.2. The van der Waals surface area contributed by atoms with Gasteiger partial charge in [-0.1, -0.05) is 30.3 Å². The SMILES string of the molecule is COc1cc2c(cc1OC)C(c1ccccc1)N(C(=O)c1ccc(Br)o1)CC2. The highest BCUT2D eigenvalue weighted by atomic mass is 79.9. The van der Waals surface area contributed by atoms with E-state index in [9.17, 15) is 4.79 Å². The molecular formula is C22H20BrNO4. The third-order valence-electron chi connectivity index (χ3n) is 5.03. The van der Waals surface area contributed by atoms with Gasteiger partial charge in [0.1, 0.15) is 0 Å². The number of methoxy groups -OCH3 is 2. The van der Waals surface area contributed by atoms with E-state index >= 15 is 0 Å². The molecule has 1 aromatic heterocycles. The smallest absolute Gasteiger partial charge is 0.290 e. The average Bonchev–Trinajstić information content (AvgIpc) is 3.18. The lowest BCUT2D eigenvalue weighted by Crippen LogP contribution is -2.40. The molecule has 28 heavy (non-hydrogen) atoms. The highest BCUT2D eigenvalue weighted by molar-refractivity contribution is 9.10. The van der Waals surface area contributed by atoms with E-state index in [1.165, 1.54) is 0 Å². The summed E-state index contributed by atoms with van der Waals surface area (Å²) in [6.45, 7) is 0.583. The first-order valence-electron chi connectivity index (χ1n) is 8.98. The number of hydrogen-bond acceptors (Lipinski definition) is 4. The molecule has 0 radical (unpaired) electrons. The minimum Gasteiger partial charge on any atom is -0.493 e. The van der Waals surface area contributed by atoms with Gasteiger partial charge in [-0.25, -0.2) is 0 Å². The maximum absolute atomic E-state index is 13.2. The average molecular weight is 442 g/mol. The van der Waals surface area contributed by atoms with Crippen molar-refractivity contribution >= 4 is 21.8 Å². The minimum atomic E-state index is -0.235. The van der Waals surface area contributed by atoms with Gasteiger partial charge in [-0.2, -0.15) is 0 Å². The monoisotopic (exact) mass is 441 g/mol. The van der Waals surface area contributed by atoms with Gasteiger partial charge in [-0.15, -0.1) is 0 Å². The van der Waals surface area contributed by atoms with Crippen LogP contribution in [-0.4, -0.2) is 31.6 Å². The van der Waals surface area contributed by atoms with Crippen molar-refractivity contribution in [1.29, 1.82) is 0 Å². The van der Waals surface area contributed by atoms with Gasteiger partial charge >= 0.3 is 0 Å². The predicted molar refractivity (Wildman–Crippen MR) is 109 cm³/mol. The molecule has 144 valence electrons. The number of nitrogens with zero attached hydrogens (tertiary/aromatic N) is 1. The van der Waals surface area contributed by atoms with Gasteiger partial charge in [0.05, 0.1) is 20.3 Å². The second-order valence-electron chi connectivity index (χ2n) is 6.57. The first-order chi connectivity index (χ1) is 13.6. The van der Waals surface area contributed by atoms with Crippen LogP contribution in [0.2, 0.25) is 0 Å². The number of furan rings is 1. The van der Waals surface area contributed by atoms with Crippen molar-refractivity contribution in [2.75, 3.05) is 20.8 Å². The maximum Gasteiger partial charge on any atom is 0.290 e. The number of carbonyl (C=O) groups excluding carboxylic acids is 1. The molecule has 0 saturated heterocycles. The highest BCUT2D eigenvalue weighted by Crippen LogP contribution is 2.41. The Kier molecular flexibility index (Phi) is 5.13. The molecule has 0 bridgehead atoms. The summed E-state index contributed by atoms with van der Waals surface area (Å²) in [6, 6.07) is 17.2. The Morgan fingerprint density at radius 3 is 2.43 bits per heavy atom. The number of ether oxygens (including phenoxy) is 2. The van der Waals surface area contributed by atoms with Crippen LogP contribution in [0.5, 0.6) is 11.5 Å². The third-order valence-corrected chi connectivity index (χ3v) is 5.46. The van der Waals surface area contributed by atoms with Crippen molar-refractivity contribution in [2.45, 2.75) is 12.5 Å². The summed E-state index contributed by atoms with van der Waals surface area (Å²) in [6.07, 6.45) is 0.729. The molecule has 1 amide bonds. The van der Waals surface area contributed by atoms with Crippen LogP contribution in [0.1, 0.15) is 33.3 Å². The molecular weight excluding hydrogens is 422 g/mol. The standard InChI is InChI=1S/C22H20BrNO4/c1-26-18-12-15-10-11-24(22(25)17-8-9-20(23)28-17)21(14-6-4-3-5-7-14)16(15)13-19(18)27-2/h3-9,12-13,21H,10-11H2,1-2H3. The van der Waals surface area contributed by atoms with Crippen LogP contribution in [0.25, 0.3) is 0 Å². The molecule has 0 spiro atoms. The van der Waals surface area contributed by atoms with Crippen molar-refractivity contribution in [1.82, 2.24) is 4.90 Å². The first kappa shape index (κ1) is 18.6. The summed E-state index contributed by atoms with van der Waals surface area (Å²) in [4.78, 5) is 15.1. The van der Waals surface area contributed by atoms with Crippen LogP contribution in [0, 0.1) is 0 Å². The maximum atomic E-state index is 13.2. The predicted octanol–water partition coefficient (Wildman–Crippen LogP) is 4.85. The molecule has 1 aliphatic rings. The number of benzene rings is 2. The fourth-order valence-corrected chi connectivity index (χ4v) is 4.04. The molecule has 4 rings (SSSR count). The van der Waals surface area contributed by atoms with Crippen LogP contribution in [-0.2, 0) is 6.42 Å². The number of fused-ring (bicyclic) bond motifs is 1. The molecule has 2 aromatic carbocycles. The number of rotatable bonds is 4. The molecule has 0 aliphatic carbocycles. The summed E-state index contributed by atoms with van der Waals surface area (Å²) < 4.78 is 17.1. The molecule has 3 aromatic rings. The fourth-order valence-electron chi connectivity index (χ4n) is 3.73. The quantitative estimate of drug-likeness (QED) is 0.580. The highest BCUT2D eigenvalue weighted by Gasteiger charge is 2.34. The largest absolute Gasteiger partial charge is 0.493 e. The zero-order valence-electron chi connectivity index (χ0n) is 15.6. The van der Waals surface area contributed by atoms with Gasteiger partial charge in [0.15, 0.2) is 21.9 Å². The molecule has 1 aliphatic heterocycles. The summed E-state index contributed by atoms with van der Waals surface area (Å²) in [5, 5.41) is 0. The van der Waals surface area contributed by atoms with Gasteiger partial charge in [-0.05, 0) is 63.3 Å². The number of amides is 1. The first-order valence-corrected chi connectivity index (χ1v) is 9.77. The van der Waals surface area contributed by atoms with Crippen molar-refractivity contribution in [3.05, 3.63) is 81.7 Å². The Morgan fingerprint density at radius 2 is 1.79 bits per heavy atom. The topological polar surface area (TPSA) is 51.9 Å². The number of carbonyl (C=O) groups is 1. The summed E-state index contributed by atoms with van der Waals surface area (Å²) in [5.74, 6) is 1.52. The number of halogens is 1. The molecule has 5 nitrogen and oxygen atoms in total. The van der Waals surface area contributed by atoms with E-state index in [1.54, 1.807) is 26.4 Å². The van der Waals surface area contributed by atoms with E-state index in [0.717, 1.165) is 23.1 Å². The van der Waals surface area contributed by atoms with E-state index in [2.05, 4.69) is 15.9 Å². The Balaban J connectivity index is 1.84. The lowest BCUT2D eigenvalue weighted by molar-refractivity contribution is 0.0660. The van der Waals surface area contributed by atoms with Crippen molar-refractivity contribution in [3.63, 3.8) is 0 Å². The van der Waals surface area contributed by atoms with Gasteiger partial charge < -0.3 is 18.8 Å². The van der Waals surface area contributed by atoms with Crippen LogP contribution < -0.4 is 9.47 Å². The fraction of sp³-hybridized carbons (Fsp3) is 0.227. The third kappa shape index (κ3) is 3.29. The van der Waals surface area contributed by atoms with E-state index in [0.29, 0.717) is 28.5 Å². The van der Waals surface area contributed by atoms with Crippen LogP contribution >= 0.6 is 15.9 Å². The second-order valence-corrected chi connectivity index (χ2v) is 7.35. The van der Waals surface area contributed by atoms with Crippen LogP contribution in [0.4, 0.5) is 0 Å².